The van der Waals surface area contributed by atoms with Crippen molar-refractivity contribution in [3.63, 3.8) is 0 Å². The lowest BCUT2D eigenvalue weighted by Gasteiger charge is -2.34. The molecule has 2 aromatic carbocycles. The van der Waals surface area contributed by atoms with Crippen molar-refractivity contribution in [1.82, 2.24) is 14.2 Å². The Morgan fingerprint density at radius 1 is 0.970 bits per heavy atom. The highest BCUT2D eigenvalue weighted by Gasteiger charge is 2.26. The number of piperazine rings is 1. The second-order valence-corrected chi connectivity index (χ2v) is 13.1. The minimum atomic E-state index is -3.55. The molecule has 1 aliphatic heterocycles. The molecule has 0 N–H and O–H groups in total. The molecule has 0 atom stereocenters. The lowest BCUT2D eigenvalue weighted by atomic mass is 10.2. The average molecular weight is 509 g/mol. The summed E-state index contributed by atoms with van der Waals surface area (Å²) < 4.78 is 50.5. The predicted molar refractivity (Wildman–Crippen MR) is 128 cm³/mol. The number of fused-ring (bicyclic) bond motifs is 1. The Kier molecular flexibility index (Phi) is 6.20. The van der Waals surface area contributed by atoms with Crippen LogP contribution < -0.4 is 4.90 Å². The fourth-order valence-electron chi connectivity index (χ4n) is 3.61. The van der Waals surface area contributed by atoms with Gasteiger partial charge < -0.3 is 9.80 Å². The summed E-state index contributed by atoms with van der Waals surface area (Å²) in [7, 11) is -4.01. The summed E-state index contributed by atoms with van der Waals surface area (Å²) in [6.45, 7) is 2.08. The van der Waals surface area contributed by atoms with Crippen molar-refractivity contribution < 1.29 is 21.6 Å². The van der Waals surface area contributed by atoms with Gasteiger partial charge in [-0.15, -0.1) is 0 Å². The number of rotatable bonds is 5. The van der Waals surface area contributed by atoms with E-state index >= 15 is 0 Å². The minimum Gasteiger partial charge on any atom is -0.345 e. The quantitative estimate of drug-likeness (QED) is 0.518. The number of thiazole rings is 1. The van der Waals surface area contributed by atoms with Gasteiger partial charge in [0, 0.05) is 52.1 Å². The lowest BCUT2D eigenvalue weighted by molar-refractivity contribution is 0.0746. The van der Waals surface area contributed by atoms with Gasteiger partial charge in [-0.1, -0.05) is 17.4 Å². The number of para-hydroxylation sites is 1. The maximum absolute atomic E-state index is 12.9. The van der Waals surface area contributed by atoms with Crippen molar-refractivity contribution in [2.24, 2.45) is 0 Å². The molecule has 3 aromatic rings. The van der Waals surface area contributed by atoms with E-state index in [1.165, 1.54) is 56.0 Å². The van der Waals surface area contributed by atoms with Crippen LogP contribution in [-0.2, 0) is 19.9 Å². The van der Waals surface area contributed by atoms with Gasteiger partial charge in [-0.2, -0.15) is 0 Å². The number of benzene rings is 2. The number of hydrogen-bond donors (Lipinski definition) is 0. The van der Waals surface area contributed by atoms with Gasteiger partial charge in [0.2, 0.25) is 10.0 Å². The van der Waals surface area contributed by atoms with Crippen LogP contribution in [0.2, 0.25) is 0 Å². The number of nitrogens with zero attached hydrogens (tertiary/aromatic N) is 4. The minimum absolute atomic E-state index is 0.137. The van der Waals surface area contributed by atoms with E-state index in [9.17, 15) is 21.6 Å². The lowest BCUT2D eigenvalue weighted by Crippen LogP contribution is -2.48. The zero-order valence-corrected chi connectivity index (χ0v) is 20.9. The van der Waals surface area contributed by atoms with Gasteiger partial charge in [-0.05, 0) is 36.4 Å². The van der Waals surface area contributed by atoms with Gasteiger partial charge in [0.1, 0.15) is 5.52 Å². The zero-order valence-electron chi connectivity index (χ0n) is 18.4. The molecule has 1 aromatic heterocycles. The summed E-state index contributed by atoms with van der Waals surface area (Å²) in [5.74, 6) is -0.160. The molecule has 4 rings (SSSR count). The SMILES string of the molecule is CN(C)S(=O)(=O)c1ccc(C(=O)N2CCN(c3nc4c(S(C)(=O)=O)cccc4s3)CC2)cc1. The molecule has 33 heavy (non-hydrogen) atoms. The molecule has 0 aliphatic carbocycles. The predicted octanol–water partition coefficient (Wildman–Crippen LogP) is 1.91. The Balaban J connectivity index is 1.46. The van der Waals surface area contributed by atoms with Crippen molar-refractivity contribution in [2.75, 3.05) is 51.4 Å². The third kappa shape index (κ3) is 4.60. The third-order valence-corrected chi connectivity index (χ3v) is 9.53. The second-order valence-electron chi connectivity index (χ2n) is 7.96. The molecule has 1 aliphatic rings. The van der Waals surface area contributed by atoms with E-state index in [4.69, 9.17) is 0 Å². The normalized spacial score (nSPS) is 15.4. The van der Waals surface area contributed by atoms with E-state index in [-0.39, 0.29) is 15.7 Å². The maximum Gasteiger partial charge on any atom is 0.253 e. The van der Waals surface area contributed by atoms with Gasteiger partial charge in [0.25, 0.3) is 5.91 Å². The first-order valence-electron chi connectivity index (χ1n) is 10.1. The van der Waals surface area contributed by atoms with Crippen molar-refractivity contribution in [1.29, 1.82) is 0 Å². The summed E-state index contributed by atoms with van der Waals surface area (Å²) in [5, 5.41) is 0.728. The summed E-state index contributed by atoms with van der Waals surface area (Å²) in [6.07, 6.45) is 1.17. The van der Waals surface area contributed by atoms with Gasteiger partial charge >= 0.3 is 0 Å². The second kappa shape index (κ2) is 8.67. The molecule has 1 fully saturated rings. The van der Waals surface area contributed by atoms with E-state index in [0.717, 1.165) is 14.1 Å². The number of sulfonamides is 1. The van der Waals surface area contributed by atoms with Crippen LogP contribution in [0, 0.1) is 0 Å². The summed E-state index contributed by atoms with van der Waals surface area (Å²) in [4.78, 5) is 21.6. The van der Waals surface area contributed by atoms with Crippen molar-refractivity contribution in [2.45, 2.75) is 9.79 Å². The van der Waals surface area contributed by atoms with Crippen LogP contribution >= 0.6 is 11.3 Å². The van der Waals surface area contributed by atoms with E-state index in [1.807, 2.05) is 11.0 Å². The highest BCUT2D eigenvalue weighted by atomic mass is 32.2. The molecule has 0 unspecified atom stereocenters. The third-order valence-electron chi connectivity index (χ3n) is 5.49. The molecule has 0 spiro atoms. The molecule has 12 heteroatoms. The zero-order chi connectivity index (χ0) is 24.0. The van der Waals surface area contributed by atoms with Crippen LogP contribution in [0.1, 0.15) is 10.4 Å². The number of carbonyl (C=O) groups is 1. The van der Waals surface area contributed by atoms with Gasteiger partial charge in [0.05, 0.1) is 14.5 Å². The molecular formula is C21H24N4O5S3. The first-order valence-corrected chi connectivity index (χ1v) is 14.3. The Morgan fingerprint density at radius 2 is 1.61 bits per heavy atom. The molecule has 1 saturated heterocycles. The van der Waals surface area contributed by atoms with Crippen LogP contribution in [0.3, 0.4) is 0 Å². The van der Waals surface area contributed by atoms with Crippen molar-refractivity contribution in [3.8, 4) is 0 Å². The van der Waals surface area contributed by atoms with E-state index in [2.05, 4.69) is 4.98 Å². The number of aromatic nitrogens is 1. The van der Waals surface area contributed by atoms with Crippen LogP contribution in [0.5, 0.6) is 0 Å². The molecule has 1 amide bonds. The number of sulfone groups is 1. The Hall–Kier alpha value is -2.54. The number of anilines is 1. The molecule has 0 radical (unpaired) electrons. The van der Waals surface area contributed by atoms with Crippen molar-refractivity contribution >= 4 is 52.5 Å². The molecular weight excluding hydrogens is 484 g/mol. The number of amides is 1. The first-order chi connectivity index (χ1) is 15.5. The number of hydrogen-bond acceptors (Lipinski definition) is 8. The van der Waals surface area contributed by atoms with Crippen LogP contribution in [0.4, 0.5) is 5.13 Å². The summed E-state index contributed by atoms with van der Waals surface area (Å²) in [6, 6.07) is 11.1. The largest absolute Gasteiger partial charge is 0.345 e. The molecule has 176 valence electrons. The van der Waals surface area contributed by atoms with Crippen molar-refractivity contribution in [3.05, 3.63) is 48.0 Å². The Bertz CT molecular complexity index is 1410. The average Bonchev–Trinajstić information content (AvgIpc) is 3.22. The highest BCUT2D eigenvalue weighted by Crippen LogP contribution is 2.33. The van der Waals surface area contributed by atoms with E-state index in [1.54, 1.807) is 17.0 Å². The van der Waals surface area contributed by atoms with Gasteiger partial charge in [-0.3, -0.25) is 4.79 Å². The van der Waals surface area contributed by atoms with Crippen LogP contribution in [0.15, 0.2) is 52.3 Å². The molecule has 0 bridgehead atoms. The molecule has 9 nitrogen and oxygen atoms in total. The Labute approximate surface area is 197 Å². The summed E-state index contributed by atoms with van der Waals surface area (Å²) >= 11 is 1.43. The highest BCUT2D eigenvalue weighted by molar-refractivity contribution is 7.91. The first kappa shape index (κ1) is 23.6. The smallest absolute Gasteiger partial charge is 0.253 e. The fraction of sp³-hybridized carbons (Fsp3) is 0.333. The summed E-state index contributed by atoms with van der Waals surface area (Å²) in [5.41, 5.74) is 0.908. The van der Waals surface area contributed by atoms with Crippen LogP contribution in [-0.4, -0.2) is 83.5 Å². The van der Waals surface area contributed by atoms with Crippen LogP contribution in [0.25, 0.3) is 10.2 Å². The number of carbonyl (C=O) groups excluding carboxylic acids is 1. The maximum atomic E-state index is 12.9. The van der Waals surface area contributed by atoms with Gasteiger partial charge in [-0.25, -0.2) is 26.1 Å². The van der Waals surface area contributed by atoms with Gasteiger partial charge in [0.15, 0.2) is 15.0 Å². The fourth-order valence-corrected chi connectivity index (χ4v) is 6.45. The Morgan fingerprint density at radius 3 is 2.18 bits per heavy atom. The molecule has 0 saturated carbocycles. The topological polar surface area (TPSA) is 108 Å². The van der Waals surface area contributed by atoms with E-state index in [0.29, 0.717) is 37.3 Å². The van der Waals surface area contributed by atoms with E-state index < -0.39 is 19.9 Å². The monoisotopic (exact) mass is 508 g/mol. The standard InChI is InChI=1S/C21H24N4O5S3/c1-23(2)33(29,30)16-9-7-15(8-10-16)20(26)24-11-13-25(14-12-24)21-22-19-17(31-21)5-4-6-18(19)32(3,27)28/h4-10H,11-14H2,1-3H3. The molecule has 2 heterocycles.